The Bertz CT molecular complexity index is 455. The highest BCUT2D eigenvalue weighted by molar-refractivity contribution is 9.10. The molecule has 16 heavy (non-hydrogen) atoms. The van der Waals surface area contributed by atoms with Gasteiger partial charge in [0.2, 0.25) is 0 Å². The van der Waals surface area contributed by atoms with E-state index in [1.807, 2.05) is 6.07 Å². The third-order valence-electron chi connectivity index (χ3n) is 2.38. The summed E-state index contributed by atoms with van der Waals surface area (Å²) in [6.07, 6.45) is 5.32. The lowest BCUT2D eigenvalue weighted by Gasteiger charge is -1.96. The quantitative estimate of drug-likeness (QED) is 0.760. The Balaban J connectivity index is 1.97. The van der Waals surface area contributed by atoms with Crippen molar-refractivity contribution in [2.45, 2.75) is 6.42 Å². The van der Waals surface area contributed by atoms with Crippen molar-refractivity contribution in [2.24, 2.45) is 0 Å². The Morgan fingerprint density at radius 2 is 1.56 bits per heavy atom. The summed E-state index contributed by atoms with van der Waals surface area (Å²) in [6, 6.07) is 18.8. The number of halogens is 1. The van der Waals surface area contributed by atoms with Crippen LogP contribution in [-0.4, -0.2) is 0 Å². The van der Waals surface area contributed by atoms with Gasteiger partial charge >= 0.3 is 0 Å². The van der Waals surface area contributed by atoms with Crippen LogP contribution in [0.1, 0.15) is 11.1 Å². The maximum absolute atomic E-state index is 3.43. The van der Waals surface area contributed by atoms with Crippen molar-refractivity contribution in [3.05, 3.63) is 76.3 Å². The predicted molar refractivity (Wildman–Crippen MR) is 73.3 cm³/mol. The van der Waals surface area contributed by atoms with Gasteiger partial charge in [-0.2, -0.15) is 0 Å². The van der Waals surface area contributed by atoms with Gasteiger partial charge in [-0.05, 0) is 29.7 Å². The number of hydrogen-bond acceptors (Lipinski definition) is 0. The van der Waals surface area contributed by atoms with E-state index in [0.29, 0.717) is 0 Å². The molecule has 1 heteroatoms. The molecule has 0 aromatic heterocycles. The third kappa shape index (κ3) is 3.35. The zero-order valence-electron chi connectivity index (χ0n) is 8.94. The highest BCUT2D eigenvalue weighted by atomic mass is 79.9. The molecule has 0 aliphatic rings. The van der Waals surface area contributed by atoms with Gasteiger partial charge in [-0.3, -0.25) is 0 Å². The molecule has 0 saturated heterocycles. The highest BCUT2D eigenvalue weighted by Gasteiger charge is 1.89. The molecular weight excluding hydrogens is 260 g/mol. The molecule has 0 N–H and O–H groups in total. The van der Waals surface area contributed by atoms with Crippen molar-refractivity contribution in [3.8, 4) is 0 Å². The number of rotatable bonds is 3. The fraction of sp³-hybridized carbons (Fsp3) is 0.0667. The standard InChI is InChI=1S/C15H13Br/c16-15-11-9-14(10-12-15)8-4-7-13-5-2-1-3-6-13/h1-7,9-12H,8H2/b7-4+. The lowest BCUT2D eigenvalue weighted by atomic mass is 10.1. The van der Waals surface area contributed by atoms with Gasteiger partial charge < -0.3 is 0 Å². The summed E-state index contributed by atoms with van der Waals surface area (Å²) in [4.78, 5) is 0. The molecule has 0 aliphatic carbocycles. The van der Waals surface area contributed by atoms with Crippen LogP contribution in [0.2, 0.25) is 0 Å². The van der Waals surface area contributed by atoms with Gasteiger partial charge in [0, 0.05) is 4.47 Å². The summed E-state index contributed by atoms with van der Waals surface area (Å²) in [6.45, 7) is 0. The van der Waals surface area contributed by atoms with Crippen LogP contribution in [0, 0.1) is 0 Å². The summed E-state index contributed by atoms with van der Waals surface area (Å²) < 4.78 is 1.13. The van der Waals surface area contributed by atoms with Crippen LogP contribution in [0.5, 0.6) is 0 Å². The van der Waals surface area contributed by atoms with E-state index in [9.17, 15) is 0 Å². The smallest absolute Gasteiger partial charge is 0.0175 e. The Labute approximate surface area is 105 Å². The van der Waals surface area contributed by atoms with Crippen LogP contribution in [0.3, 0.4) is 0 Å². The van der Waals surface area contributed by atoms with Gasteiger partial charge in [-0.1, -0.05) is 70.5 Å². The molecule has 0 aliphatic heterocycles. The van der Waals surface area contributed by atoms with Gasteiger partial charge in [-0.25, -0.2) is 0 Å². The van der Waals surface area contributed by atoms with Crippen molar-refractivity contribution in [1.29, 1.82) is 0 Å². The third-order valence-corrected chi connectivity index (χ3v) is 2.91. The monoisotopic (exact) mass is 272 g/mol. The largest absolute Gasteiger partial charge is 0.0795 e. The molecule has 0 fully saturated rings. The minimum atomic E-state index is 0.974. The molecule has 0 bridgehead atoms. The summed E-state index contributed by atoms with van der Waals surface area (Å²) in [7, 11) is 0. The molecule has 0 nitrogen and oxygen atoms in total. The topological polar surface area (TPSA) is 0 Å². The molecular formula is C15H13Br. The van der Waals surface area contributed by atoms with Crippen LogP contribution in [-0.2, 0) is 6.42 Å². The van der Waals surface area contributed by atoms with Gasteiger partial charge in [0.25, 0.3) is 0 Å². The van der Waals surface area contributed by atoms with Crippen molar-refractivity contribution in [1.82, 2.24) is 0 Å². The van der Waals surface area contributed by atoms with Crippen LogP contribution in [0.25, 0.3) is 6.08 Å². The second kappa shape index (κ2) is 5.66. The van der Waals surface area contributed by atoms with E-state index in [-0.39, 0.29) is 0 Å². The molecule has 2 rings (SSSR count). The normalized spacial score (nSPS) is 10.8. The van der Waals surface area contributed by atoms with Crippen LogP contribution >= 0.6 is 15.9 Å². The minimum absolute atomic E-state index is 0.974. The fourth-order valence-corrected chi connectivity index (χ4v) is 1.78. The second-order valence-corrected chi connectivity index (χ2v) is 4.56. The van der Waals surface area contributed by atoms with Crippen LogP contribution < -0.4 is 0 Å². The van der Waals surface area contributed by atoms with Gasteiger partial charge in [-0.15, -0.1) is 0 Å². The second-order valence-electron chi connectivity index (χ2n) is 3.64. The first-order chi connectivity index (χ1) is 7.84. The Morgan fingerprint density at radius 3 is 2.25 bits per heavy atom. The van der Waals surface area contributed by atoms with Gasteiger partial charge in [0.05, 0.1) is 0 Å². The first kappa shape index (κ1) is 11.2. The first-order valence-corrected chi connectivity index (χ1v) is 6.10. The fourth-order valence-electron chi connectivity index (χ4n) is 1.52. The average Bonchev–Trinajstić information content (AvgIpc) is 2.33. The molecule has 80 valence electrons. The van der Waals surface area contributed by atoms with Crippen molar-refractivity contribution >= 4 is 22.0 Å². The molecule has 0 heterocycles. The molecule has 2 aromatic rings. The van der Waals surface area contributed by atoms with E-state index >= 15 is 0 Å². The lowest BCUT2D eigenvalue weighted by molar-refractivity contribution is 1.27. The molecule has 0 spiro atoms. The van der Waals surface area contributed by atoms with E-state index in [0.717, 1.165) is 10.9 Å². The molecule has 0 unspecified atom stereocenters. The summed E-state index contributed by atoms with van der Waals surface area (Å²) in [5.74, 6) is 0. The van der Waals surface area contributed by atoms with E-state index in [4.69, 9.17) is 0 Å². The van der Waals surface area contributed by atoms with Crippen LogP contribution in [0.15, 0.2) is 65.1 Å². The summed E-state index contributed by atoms with van der Waals surface area (Å²) >= 11 is 3.43. The average molecular weight is 273 g/mol. The molecule has 0 atom stereocenters. The maximum Gasteiger partial charge on any atom is 0.0175 e. The molecule has 2 aromatic carbocycles. The number of benzene rings is 2. The van der Waals surface area contributed by atoms with E-state index in [1.165, 1.54) is 11.1 Å². The zero-order chi connectivity index (χ0) is 11.2. The minimum Gasteiger partial charge on any atom is -0.0795 e. The Kier molecular flexibility index (Phi) is 3.95. The first-order valence-electron chi connectivity index (χ1n) is 5.30. The molecule has 0 radical (unpaired) electrons. The van der Waals surface area contributed by atoms with Crippen LogP contribution in [0.4, 0.5) is 0 Å². The van der Waals surface area contributed by atoms with Gasteiger partial charge in [0.1, 0.15) is 0 Å². The molecule has 0 amide bonds. The number of allylic oxidation sites excluding steroid dienone is 1. The number of hydrogen-bond donors (Lipinski definition) is 0. The Morgan fingerprint density at radius 1 is 0.875 bits per heavy atom. The Hall–Kier alpha value is -1.34. The van der Waals surface area contributed by atoms with E-state index < -0.39 is 0 Å². The highest BCUT2D eigenvalue weighted by Crippen LogP contribution is 2.11. The predicted octanol–water partition coefficient (Wildman–Crippen LogP) is 4.71. The van der Waals surface area contributed by atoms with Crippen molar-refractivity contribution < 1.29 is 0 Å². The zero-order valence-corrected chi connectivity index (χ0v) is 10.5. The SMILES string of the molecule is Brc1ccc(C/C=C/c2ccccc2)cc1. The van der Waals surface area contributed by atoms with Gasteiger partial charge in [0.15, 0.2) is 0 Å². The maximum atomic E-state index is 3.43. The van der Waals surface area contributed by atoms with E-state index in [2.05, 4.69) is 76.6 Å². The summed E-state index contributed by atoms with van der Waals surface area (Å²) in [5, 5.41) is 0. The lowest BCUT2D eigenvalue weighted by Crippen LogP contribution is -1.79. The van der Waals surface area contributed by atoms with Crippen molar-refractivity contribution in [2.75, 3.05) is 0 Å². The van der Waals surface area contributed by atoms with Crippen molar-refractivity contribution in [3.63, 3.8) is 0 Å². The summed E-state index contributed by atoms with van der Waals surface area (Å²) in [5.41, 5.74) is 2.58. The molecule has 0 saturated carbocycles. The van der Waals surface area contributed by atoms with E-state index in [1.54, 1.807) is 0 Å².